The number of hydrogen-bond donors (Lipinski definition) is 2. The van der Waals surface area contributed by atoms with Crippen LogP contribution in [0, 0.1) is 5.92 Å². The van der Waals surface area contributed by atoms with Crippen molar-refractivity contribution in [3.63, 3.8) is 0 Å². The Kier molecular flexibility index (Phi) is 7.36. The SMILES string of the molecule is CCCCC(CC)CNCc1ccc(Br)c(N)c1. The van der Waals surface area contributed by atoms with Crippen molar-refractivity contribution >= 4 is 21.6 Å². The highest BCUT2D eigenvalue weighted by molar-refractivity contribution is 9.10. The van der Waals surface area contributed by atoms with Gasteiger partial charge < -0.3 is 11.1 Å². The number of benzene rings is 1. The highest BCUT2D eigenvalue weighted by atomic mass is 79.9. The van der Waals surface area contributed by atoms with Crippen LogP contribution in [-0.2, 0) is 6.54 Å². The van der Waals surface area contributed by atoms with Gasteiger partial charge in [0.05, 0.1) is 0 Å². The molecule has 3 heteroatoms. The first-order valence-electron chi connectivity index (χ1n) is 6.92. The molecule has 18 heavy (non-hydrogen) atoms. The maximum absolute atomic E-state index is 5.87. The van der Waals surface area contributed by atoms with Crippen LogP contribution in [-0.4, -0.2) is 6.54 Å². The third-order valence-electron chi connectivity index (χ3n) is 3.37. The third-order valence-corrected chi connectivity index (χ3v) is 4.09. The summed E-state index contributed by atoms with van der Waals surface area (Å²) in [4.78, 5) is 0. The summed E-state index contributed by atoms with van der Waals surface area (Å²) in [6.07, 6.45) is 5.23. The van der Waals surface area contributed by atoms with E-state index >= 15 is 0 Å². The molecule has 0 saturated heterocycles. The normalized spacial score (nSPS) is 12.6. The summed E-state index contributed by atoms with van der Waals surface area (Å²) in [5.74, 6) is 0.803. The number of unbranched alkanes of at least 4 members (excludes halogenated alkanes) is 1. The zero-order valence-corrected chi connectivity index (χ0v) is 13.1. The van der Waals surface area contributed by atoms with Gasteiger partial charge in [-0.1, -0.05) is 39.2 Å². The first-order chi connectivity index (χ1) is 8.67. The molecule has 0 aliphatic rings. The second-order valence-electron chi connectivity index (χ2n) is 4.90. The van der Waals surface area contributed by atoms with Gasteiger partial charge >= 0.3 is 0 Å². The van der Waals surface area contributed by atoms with Crippen LogP contribution < -0.4 is 11.1 Å². The molecule has 0 bridgehead atoms. The van der Waals surface area contributed by atoms with Crippen LogP contribution in [0.5, 0.6) is 0 Å². The predicted octanol–water partition coefficient (Wildman–Crippen LogP) is 4.34. The van der Waals surface area contributed by atoms with Crippen LogP contribution >= 0.6 is 15.9 Å². The Bertz CT molecular complexity index is 352. The van der Waals surface area contributed by atoms with E-state index in [0.717, 1.165) is 29.2 Å². The molecule has 0 aliphatic carbocycles. The van der Waals surface area contributed by atoms with E-state index in [2.05, 4.69) is 41.2 Å². The number of nitrogen functional groups attached to an aromatic ring is 1. The molecule has 1 unspecified atom stereocenters. The molecular weight excluding hydrogens is 288 g/mol. The van der Waals surface area contributed by atoms with Crippen molar-refractivity contribution in [1.82, 2.24) is 5.32 Å². The molecule has 0 fully saturated rings. The van der Waals surface area contributed by atoms with Crippen LogP contribution in [0.3, 0.4) is 0 Å². The van der Waals surface area contributed by atoms with Crippen molar-refractivity contribution in [2.24, 2.45) is 5.92 Å². The summed E-state index contributed by atoms with van der Waals surface area (Å²) in [6.45, 7) is 6.54. The predicted molar refractivity (Wildman–Crippen MR) is 83.6 cm³/mol. The Morgan fingerprint density at radius 3 is 2.72 bits per heavy atom. The molecule has 1 aromatic rings. The van der Waals surface area contributed by atoms with Gasteiger partial charge in [-0.25, -0.2) is 0 Å². The molecule has 0 aromatic heterocycles. The van der Waals surface area contributed by atoms with Crippen LogP contribution in [0.25, 0.3) is 0 Å². The van der Waals surface area contributed by atoms with E-state index in [0.29, 0.717) is 0 Å². The van der Waals surface area contributed by atoms with Gasteiger partial charge in [0.2, 0.25) is 0 Å². The first-order valence-corrected chi connectivity index (χ1v) is 7.71. The van der Waals surface area contributed by atoms with Crippen molar-refractivity contribution in [2.75, 3.05) is 12.3 Å². The van der Waals surface area contributed by atoms with Crippen LogP contribution in [0.4, 0.5) is 5.69 Å². The molecule has 0 saturated carbocycles. The lowest BCUT2D eigenvalue weighted by molar-refractivity contribution is 0.419. The quantitative estimate of drug-likeness (QED) is 0.701. The number of hydrogen-bond acceptors (Lipinski definition) is 2. The van der Waals surface area contributed by atoms with Crippen molar-refractivity contribution in [3.05, 3.63) is 28.2 Å². The molecule has 1 rings (SSSR count). The summed E-state index contributed by atoms with van der Waals surface area (Å²) in [7, 11) is 0. The van der Waals surface area contributed by atoms with E-state index in [1.807, 2.05) is 12.1 Å². The van der Waals surface area contributed by atoms with Gasteiger partial charge in [-0.15, -0.1) is 0 Å². The Morgan fingerprint density at radius 1 is 1.33 bits per heavy atom. The molecule has 0 spiro atoms. The lowest BCUT2D eigenvalue weighted by atomic mass is 9.99. The van der Waals surface area contributed by atoms with Gasteiger partial charge in [-0.2, -0.15) is 0 Å². The maximum atomic E-state index is 5.87. The summed E-state index contributed by atoms with van der Waals surface area (Å²) >= 11 is 3.41. The number of nitrogens with two attached hydrogens (primary N) is 1. The molecule has 0 heterocycles. The van der Waals surface area contributed by atoms with Gasteiger partial charge in [0.25, 0.3) is 0 Å². The molecule has 2 nitrogen and oxygen atoms in total. The fraction of sp³-hybridized carbons (Fsp3) is 0.600. The van der Waals surface area contributed by atoms with Crippen molar-refractivity contribution in [1.29, 1.82) is 0 Å². The average Bonchev–Trinajstić information content (AvgIpc) is 2.37. The minimum Gasteiger partial charge on any atom is -0.398 e. The number of nitrogens with one attached hydrogen (secondary N) is 1. The monoisotopic (exact) mass is 312 g/mol. The van der Waals surface area contributed by atoms with Crippen molar-refractivity contribution in [2.45, 2.75) is 46.1 Å². The molecular formula is C15H25BrN2. The zero-order chi connectivity index (χ0) is 13.4. The standard InChI is InChI=1S/C15H25BrN2/c1-3-5-6-12(4-2)10-18-11-13-7-8-14(16)15(17)9-13/h7-9,12,18H,3-6,10-11,17H2,1-2H3. The summed E-state index contributed by atoms with van der Waals surface area (Å²) in [5, 5.41) is 3.54. The number of anilines is 1. The van der Waals surface area contributed by atoms with E-state index in [-0.39, 0.29) is 0 Å². The highest BCUT2D eigenvalue weighted by Gasteiger charge is 2.05. The van der Waals surface area contributed by atoms with E-state index < -0.39 is 0 Å². The molecule has 3 N–H and O–H groups in total. The topological polar surface area (TPSA) is 38.0 Å². The lowest BCUT2D eigenvalue weighted by Crippen LogP contribution is -2.22. The zero-order valence-electron chi connectivity index (χ0n) is 11.5. The molecule has 0 radical (unpaired) electrons. The van der Waals surface area contributed by atoms with Gasteiger partial charge in [0, 0.05) is 16.7 Å². The Morgan fingerprint density at radius 2 is 2.11 bits per heavy atom. The van der Waals surface area contributed by atoms with Crippen molar-refractivity contribution < 1.29 is 0 Å². The van der Waals surface area contributed by atoms with Crippen LogP contribution in [0.2, 0.25) is 0 Å². The third kappa shape index (κ3) is 5.40. The lowest BCUT2D eigenvalue weighted by Gasteiger charge is -2.15. The second kappa shape index (κ2) is 8.54. The van der Waals surface area contributed by atoms with E-state index in [1.54, 1.807) is 0 Å². The summed E-state index contributed by atoms with van der Waals surface area (Å²) < 4.78 is 0.973. The Balaban J connectivity index is 2.33. The second-order valence-corrected chi connectivity index (χ2v) is 5.76. The van der Waals surface area contributed by atoms with E-state index in [4.69, 9.17) is 5.73 Å². The minimum absolute atomic E-state index is 0.803. The first kappa shape index (κ1) is 15.5. The van der Waals surface area contributed by atoms with Crippen LogP contribution in [0.15, 0.2) is 22.7 Å². The largest absolute Gasteiger partial charge is 0.398 e. The molecule has 0 amide bonds. The number of halogens is 1. The fourth-order valence-corrected chi connectivity index (χ4v) is 2.31. The maximum Gasteiger partial charge on any atom is 0.0461 e. The summed E-state index contributed by atoms with van der Waals surface area (Å²) in [6, 6.07) is 6.16. The van der Waals surface area contributed by atoms with Gasteiger partial charge in [-0.05, 0) is 52.5 Å². The molecule has 102 valence electrons. The smallest absolute Gasteiger partial charge is 0.0461 e. The number of rotatable bonds is 8. The minimum atomic E-state index is 0.803. The molecule has 0 aliphatic heterocycles. The van der Waals surface area contributed by atoms with E-state index in [1.165, 1.54) is 31.2 Å². The Hall–Kier alpha value is -0.540. The average molecular weight is 313 g/mol. The van der Waals surface area contributed by atoms with E-state index in [9.17, 15) is 0 Å². The van der Waals surface area contributed by atoms with Crippen molar-refractivity contribution in [3.8, 4) is 0 Å². The van der Waals surface area contributed by atoms with Gasteiger partial charge in [0.15, 0.2) is 0 Å². The van der Waals surface area contributed by atoms with Crippen LogP contribution in [0.1, 0.15) is 45.1 Å². The highest BCUT2D eigenvalue weighted by Crippen LogP contribution is 2.20. The van der Waals surface area contributed by atoms with Gasteiger partial charge in [0.1, 0.15) is 0 Å². The Labute approximate surface area is 119 Å². The molecule has 1 aromatic carbocycles. The fourth-order valence-electron chi connectivity index (χ4n) is 2.07. The van der Waals surface area contributed by atoms with Gasteiger partial charge in [-0.3, -0.25) is 0 Å². The summed E-state index contributed by atoms with van der Waals surface area (Å²) in [5.41, 5.74) is 7.93. The molecule has 1 atom stereocenters.